The lowest BCUT2D eigenvalue weighted by Gasteiger charge is -1.87. The fourth-order valence-corrected chi connectivity index (χ4v) is 1.51. The van der Waals surface area contributed by atoms with Gasteiger partial charge < -0.3 is 4.46 Å². The summed E-state index contributed by atoms with van der Waals surface area (Å²) in [7, 11) is -1.77. The average Bonchev–Trinajstić information content (AvgIpc) is 1.90. The summed E-state index contributed by atoms with van der Waals surface area (Å²) in [5.74, 6) is 0. The van der Waals surface area contributed by atoms with E-state index in [1.165, 1.54) is 0 Å². The van der Waals surface area contributed by atoms with E-state index in [1.807, 2.05) is 30.3 Å². The van der Waals surface area contributed by atoms with Crippen molar-refractivity contribution in [2.45, 2.75) is 0 Å². The molecule has 0 saturated heterocycles. The molecule has 0 aliphatic carbocycles. The molecule has 0 fully saturated rings. The summed E-state index contributed by atoms with van der Waals surface area (Å²) in [6, 6.07) is 9.23. The molecular weight excluding hydrogens is 148 g/mol. The number of hydrogen-bond donors (Lipinski definition) is 1. The molecule has 9 heavy (non-hydrogen) atoms. The van der Waals surface area contributed by atoms with E-state index >= 15 is 0 Å². The molecule has 1 aromatic carbocycles. The van der Waals surface area contributed by atoms with Crippen LogP contribution in [0.25, 0.3) is 0 Å². The zero-order valence-corrected chi connectivity index (χ0v) is 6.64. The maximum absolute atomic E-state index is 10.7. The van der Waals surface area contributed by atoms with Gasteiger partial charge in [-0.3, -0.25) is 0 Å². The van der Waals surface area contributed by atoms with Gasteiger partial charge in [-0.25, -0.2) is 0 Å². The second-order valence-corrected chi connectivity index (χ2v) is 4.08. The largest absolute Gasteiger partial charge is 0.377 e. The molecule has 0 heterocycles. The van der Waals surface area contributed by atoms with E-state index in [9.17, 15) is 4.46 Å². The Balaban J connectivity index is 2.98. The fraction of sp³-hybridized carbons (Fsp3) is 0. The minimum Gasteiger partial charge on any atom is -0.368 e. The summed E-state index contributed by atoms with van der Waals surface area (Å²) >= 11 is 3.83. The van der Waals surface area contributed by atoms with Crippen LogP contribution in [0.4, 0.5) is 0 Å². The molecule has 0 aliphatic rings. The molecule has 1 rings (SSSR count). The third-order valence-corrected chi connectivity index (χ3v) is 2.62. The van der Waals surface area contributed by atoms with E-state index in [4.69, 9.17) is 0 Å². The monoisotopic (exact) mass is 154 g/mol. The average molecular weight is 154 g/mol. The lowest BCUT2D eigenvalue weighted by atomic mass is 10.4. The zero-order chi connectivity index (χ0) is 6.69. The van der Waals surface area contributed by atoms with Crippen molar-refractivity contribution in [1.82, 2.24) is 0 Å². The number of benzene rings is 1. The highest BCUT2D eigenvalue weighted by Gasteiger charge is 1.98. The summed E-state index contributed by atoms with van der Waals surface area (Å²) in [5.41, 5.74) is 0. The summed E-state index contributed by atoms with van der Waals surface area (Å²) in [6.07, 6.45) is 0. The Labute approximate surface area is 60.4 Å². The smallest absolute Gasteiger partial charge is 0.368 e. The minimum absolute atomic E-state index is 0.825. The van der Waals surface area contributed by atoms with Crippen LogP contribution < -0.4 is 5.19 Å². The maximum atomic E-state index is 10.7. The Morgan fingerprint density at radius 2 is 1.78 bits per heavy atom. The van der Waals surface area contributed by atoms with Crippen LogP contribution in [0, 0.1) is 0 Å². The first-order valence-corrected chi connectivity index (χ1v) is 5.29. The standard InChI is InChI=1S/C6H6OSSi/c7-9(8)6-4-2-1-3-5-6/h1-5,8H. The van der Waals surface area contributed by atoms with Gasteiger partial charge in [0.2, 0.25) is 0 Å². The molecule has 3 heteroatoms. The van der Waals surface area contributed by atoms with Crippen molar-refractivity contribution >= 4 is 25.1 Å². The molecule has 0 atom stereocenters. The van der Waals surface area contributed by atoms with Crippen molar-refractivity contribution in [3.8, 4) is 0 Å². The third kappa shape index (κ3) is 1.76. The summed E-state index contributed by atoms with van der Waals surface area (Å²) in [6.45, 7) is 0. The van der Waals surface area contributed by atoms with Crippen LogP contribution >= 0.6 is 12.1 Å². The van der Waals surface area contributed by atoms with Gasteiger partial charge in [0.15, 0.2) is 0 Å². The Hall–Kier alpha value is -0.413. The highest BCUT2D eigenvalue weighted by atomic mass is 32.3. The Kier molecular flexibility index (Phi) is 2.19. The predicted octanol–water partition coefficient (Wildman–Crippen LogP) is 0.742. The molecule has 0 radical (unpaired) electrons. The van der Waals surface area contributed by atoms with Gasteiger partial charge in [0.1, 0.15) is 0 Å². The highest BCUT2D eigenvalue weighted by Crippen LogP contribution is 1.83. The van der Waals surface area contributed by atoms with Crippen molar-refractivity contribution < 1.29 is 4.46 Å². The second kappa shape index (κ2) is 2.94. The molecule has 0 bridgehead atoms. The van der Waals surface area contributed by atoms with Crippen molar-refractivity contribution in [2.75, 3.05) is 0 Å². The minimum atomic E-state index is -1.77. The number of thiol groups is 1. The van der Waals surface area contributed by atoms with Gasteiger partial charge in [-0.2, -0.15) is 0 Å². The normalized spacial score (nSPS) is 9.00. The van der Waals surface area contributed by atoms with Gasteiger partial charge in [0.05, 0.1) is 0 Å². The van der Waals surface area contributed by atoms with E-state index < -0.39 is 7.83 Å². The van der Waals surface area contributed by atoms with E-state index in [0.29, 0.717) is 0 Å². The van der Waals surface area contributed by atoms with Crippen LogP contribution in [0.3, 0.4) is 0 Å². The molecule has 0 spiro atoms. The Morgan fingerprint density at radius 3 is 2.11 bits per heavy atom. The quantitative estimate of drug-likeness (QED) is 0.466. The first kappa shape index (κ1) is 6.70. The molecule has 0 aromatic heterocycles. The van der Waals surface area contributed by atoms with E-state index in [0.717, 1.165) is 5.19 Å². The summed E-state index contributed by atoms with van der Waals surface area (Å²) in [5, 5.41) is 0.825. The van der Waals surface area contributed by atoms with E-state index in [-0.39, 0.29) is 0 Å². The van der Waals surface area contributed by atoms with Crippen molar-refractivity contribution in [3.05, 3.63) is 30.3 Å². The van der Waals surface area contributed by atoms with Gasteiger partial charge in [-0.05, 0) is 0 Å². The molecule has 46 valence electrons. The number of rotatable bonds is 1. The predicted molar refractivity (Wildman–Crippen MR) is 41.5 cm³/mol. The first-order chi connectivity index (χ1) is 4.30. The van der Waals surface area contributed by atoms with E-state index in [1.54, 1.807) is 0 Å². The highest BCUT2D eigenvalue weighted by molar-refractivity contribution is 8.09. The second-order valence-electron chi connectivity index (χ2n) is 1.67. The molecule has 0 aliphatic heterocycles. The van der Waals surface area contributed by atoms with Gasteiger partial charge >= 0.3 is 7.83 Å². The molecule has 0 amide bonds. The van der Waals surface area contributed by atoms with Crippen LogP contribution in [-0.4, -0.2) is 7.83 Å². The molecular formula is C6H6OSSi. The van der Waals surface area contributed by atoms with Crippen molar-refractivity contribution in [3.63, 3.8) is 0 Å². The first-order valence-electron chi connectivity index (χ1n) is 2.59. The maximum Gasteiger partial charge on any atom is 0.377 e. The van der Waals surface area contributed by atoms with Gasteiger partial charge in [-0.15, -0.1) is 12.1 Å². The lowest BCUT2D eigenvalue weighted by molar-refractivity contribution is 0.580. The molecule has 1 nitrogen and oxygen atoms in total. The van der Waals surface area contributed by atoms with Crippen molar-refractivity contribution in [1.29, 1.82) is 0 Å². The summed E-state index contributed by atoms with van der Waals surface area (Å²) in [4.78, 5) is 0. The summed E-state index contributed by atoms with van der Waals surface area (Å²) < 4.78 is 10.7. The van der Waals surface area contributed by atoms with Crippen LogP contribution in [0.1, 0.15) is 0 Å². The van der Waals surface area contributed by atoms with Gasteiger partial charge in [0.25, 0.3) is 0 Å². The molecule has 0 unspecified atom stereocenters. The van der Waals surface area contributed by atoms with Gasteiger partial charge in [0, 0.05) is 5.19 Å². The van der Waals surface area contributed by atoms with Gasteiger partial charge in [-0.1, -0.05) is 30.3 Å². The molecule has 0 N–H and O–H groups in total. The fourth-order valence-electron chi connectivity index (χ4n) is 0.581. The number of hydrogen-bond acceptors (Lipinski definition) is 1. The van der Waals surface area contributed by atoms with Crippen LogP contribution in [0.2, 0.25) is 0 Å². The topological polar surface area (TPSA) is 17.1 Å². The van der Waals surface area contributed by atoms with Crippen molar-refractivity contribution in [2.24, 2.45) is 0 Å². The lowest BCUT2D eigenvalue weighted by Crippen LogP contribution is -2.13. The Morgan fingerprint density at radius 1 is 1.22 bits per heavy atom. The Bertz CT molecular complexity index is 210. The van der Waals surface area contributed by atoms with Crippen LogP contribution in [0.15, 0.2) is 30.3 Å². The van der Waals surface area contributed by atoms with E-state index in [2.05, 4.69) is 12.1 Å². The SMILES string of the molecule is O=[Si](S)c1ccccc1. The molecule has 0 saturated carbocycles. The van der Waals surface area contributed by atoms with Crippen LogP contribution in [0.5, 0.6) is 0 Å². The zero-order valence-electron chi connectivity index (χ0n) is 4.74. The third-order valence-electron chi connectivity index (χ3n) is 1.02. The van der Waals surface area contributed by atoms with Crippen LogP contribution in [-0.2, 0) is 4.46 Å². The molecule has 1 aromatic rings.